The van der Waals surface area contributed by atoms with E-state index in [4.69, 9.17) is 33.2 Å². The van der Waals surface area contributed by atoms with E-state index >= 15 is 0 Å². The summed E-state index contributed by atoms with van der Waals surface area (Å²) in [7, 11) is -3.60. The first-order valence-corrected chi connectivity index (χ1v) is 14.0. The Bertz CT molecular complexity index is 1500. The Morgan fingerprint density at radius 3 is 2.33 bits per heavy atom. The zero-order valence-electron chi connectivity index (χ0n) is 20.0. The van der Waals surface area contributed by atoms with Crippen LogP contribution in [0.5, 0.6) is 0 Å². The number of hydrogen-bond acceptors (Lipinski definition) is 6. The quantitative estimate of drug-likeness (QED) is 0.334. The Morgan fingerprint density at radius 2 is 1.67 bits per heavy atom. The molecule has 1 aliphatic rings. The Kier molecular flexibility index (Phi) is 6.91. The van der Waals surface area contributed by atoms with Crippen molar-refractivity contribution in [1.29, 1.82) is 0 Å². The Balaban J connectivity index is 1.49. The van der Waals surface area contributed by atoms with Crippen LogP contribution in [-0.4, -0.2) is 58.7 Å². The van der Waals surface area contributed by atoms with Gasteiger partial charge in [-0.05, 0) is 42.8 Å². The topological polar surface area (TPSA) is 84.2 Å². The van der Waals surface area contributed by atoms with Gasteiger partial charge in [0.25, 0.3) is 0 Å². The zero-order chi connectivity index (χ0) is 25.4. The summed E-state index contributed by atoms with van der Waals surface area (Å²) in [6.07, 6.45) is 2.64. The van der Waals surface area contributed by atoms with Crippen molar-refractivity contribution in [2.75, 3.05) is 31.1 Å². The minimum absolute atomic E-state index is 0.148. The van der Waals surface area contributed by atoms with E-state index in [0.29, 0.717) is 41.9 Å². The van der Waals surface area contributed by atoms with Gasteiger partial charge in [-0.1, -0.05) is 49.2 Å². The summed E-state index contributed by atoms with van der Waals surface area (Å²) in [6.45, 7) is 5.87. The number of para-hydroxylation sites is 1. The predicted molar refractivity (Wildman–Crippen MR) is 143 cm³/mol. The van der Waals surface area contributed by atoms with Crippen LogP contribution in [-0.2, 0) is 10.0 Å². The summed E-state index contributed by atoms with van der Waals surface area (Å²) in [4.78, 5) is 12.1. The largest absolute Gasteiger partial charge is 0.353 e. The first-order valence-electron chi connectivity index (χ1n) is 11.8. The molecule has 11 heteroatoms. The second-order valence-electron chi connectivity index (χ2n) is 8.80. The molecular formula is C25H26Cl2N6O2S. The van der Waals surface area contributed by atoms with Gasteiger partial charge >= 0.3 is 0 Å². The van der Waals surface area contributed by atoms with Gasteiger partial charge < -0.3 is 4.90 Å². The van der Waals surface area contributed by atoms with Crippen molar-refractivity contribution < 1.29 is 8.42 Å². The SMILES string of the molecule is CCC(C)c1nc(N2CCN(S(=O)(=O)c3ccc(Cl)cc3)CC2)c2cnn(-c3ccccc3Cl)c2n1. The lowest BCUT2D eigenvalue weighted by Crippen LogP contribution is -2.49. The number of rotatable bonds is 6. The molecule has 5 rings (SSSR count). The molecule has 36 heavy (non-hydrogen) atoms. The number of sulfonamides is 1. The molecule has 4 aromatic rings. The first kappa shape index (κ1) is 25.0. The lowest BCUT2D eigenvalue weighted by atomic mass is 10.1. The van der Waals surface area contributed by atoms with Gasteiger partial charge in [-0.3, -0.25) is 0 Å². The van der Waals surface area contributed by atoms with E-state index < -0.39 is 10.0 Å². The highest BCUT2D eigenvalue weighted by Gasteiger charge is 2.30. The lowest BCUT2D eigenvalue weighted by molar-refractivity contribution is 0.384. The van der Waals surface area contributed by atoms with Crippen LogP contribution in [0.4, 0.5) is 5.82 Å². The highest BCUT2D eigenvalue weighted by molar-refractivity contribution is 7.89. The van der Waals surface area contributed by atoms with Gasteiger partial charge in [-0.2, -0.15) is 9.40 Å². The van der Waals surface area contributed by atoms with Gasteiger partial charge in [0.15, 0.2) is 5.65 Å². The molecule has 2 aromatic heterocycles. The monoisotopic (exact) mass is 544 g/mol. The van der Waals surface area contributed by atoms with Crippen molar-refractivity contribution in [3.63, 3.8) is 0 Å². The molecule has 1 unspecified atom stereocenters. The molecule has 2 aromatic carbocycles. The van der Waals surface area contributed by atoms with Crippen LogP contribution < -0.4 is 4.90 Å². The fourth-order valence-electron chi connectivity index (χ4n) is 4.25. The maximum Gasteiger partial charge on any atom is 0.243 e. The summed E-state index contributed by atoms with van der Waals surface area (Å²) in [5, 5.41) is 6.48. The smallest absolute Gasteiger partial charge is 0.243 e. The van der Waals surface area contributed by atoms with Gasteiger partial charge in [0.1, 0.15) is 11.6 Å². The van der Waals surface area contributed by atoms with Gasteiger partial charge in [-0.25, -0.2) is 23.1 Å². The maximum atomic E-state index is 13.1. The normalized spacial score (nSPS) is 15.9. The van der Waals surface area contributed by atoms with Crippen molar-refractivity contribution >= 4 is 50.1 Å². The predicted octanol–water partition coefficient (Wildman–Crippen LogP) is 5.15. The average molecular weight is 545 g/mol. The molecule has 0 radical (unpaired) electrons. The molecular weight excluding hydrogens is 519 g/mol. The third-order valence-corrected chi connectivity index (χ3v) is 9.03. The summed E-state index contributed by atoms with van der Waals surface area (Å²) in [5.41, 5.74) is 1.42. The molecule has 0 saturated carbocycles. The third-order valence-electron chi connectivity index (χ3n) is 6.55. The van der Waals surface area contributed by atoms with Gasteiger partial charge in [0, 0.05) is 37.1 Å². The molecule has 0 aliphatic carbocycles. The standard InChI is InChI=1S/C25H26Cl2N6O2S/c1-3-17(2)23-29-24(20-16-28-33(25(20)30-23)22-7-5-4-6-21(22)27)31-12-14-32(15-13-31)36(34,35)19-10-8-18(26)9-11-19/h4-11,16-17H,3,12-15H2,1-2H3. The number of hydrogen-bond donors (Lipinski definition) is 0. The second kappa shape index (κ2) is 9.97. The van der Waals surface area contributed by atoms with Gasteiger partial charge in [0.05, 0.1) is 27.2 Å². The highest BCUT2D eigenvalue weighted by Crippen LogP contribution is 2.31. The van der Waals surface area contributed by atoms with Crippen LogP contribution >= 0.6 is 23.2 Å². The second-order valence-corrected chi connectivity index (χ2v) is 11.6. The van der Waals surface area contributed by atoms with Gasteiger partial charge in [-0.15, -0.1) is 0 Å². The van der Waals surface area contributed by atoms with Crippen molar-refractivity contribution in [1.82, 2.24) is 24.1 Å². The summed E-state index contributed by atoms with van der Waals surface area (Å²) < 4.78 is 29.5. The minimum Gasteiger partial charge on any atom is -0.353 e. The summed E-state index contributed by atoms with van der Waals surface area (Å²) >= 11 is 12.4. The molecule has 1 fully saturated rings. The van der Waals surface area contributed by atoms with E-state index in [9.17, 15) is 8.42 Å². The summed E-state index contributed by atoms with van der Waals surface area (Å²) in [6, 6.07) is 13.8. The number of aromatic nitrogens is 4. The van der Waals surface area contributed by atoms with E-state index in [1.165, 1.54) is 4.31 Å². The van der Waals surface area contributed by atoms with E-state index in [2.05, 4.69) is 23.8 Å². The van der Waals surface area contributed by atoms with Crippen molar-refractivity contribution in [3.8, 4) is 5.69 Å². The molecule has 3 heterocycles. The molecule has 1 saturated heterocycles. The molecule has 0 amide bonds. The van der Waals surface area contributed by atoms with Gasteiger partial charge in [0.2, 0.25) is 10.0 Å². The van der Waals surface area contributed by atoms with Crippen molar-refractivity contribution in [2.45, 2.75) is 31.1 Å². The molecule has 8 nitrogen and oxygen atoms in total. The molecule has 1 atom stereocenters. The van der Waals surface area contributed by atoms with E-state index in [-0.39, 0.29) is 10.8 Å². The maximum absolute atomic E-state index is 13.1. The first-order chi connectivity index (χ1) is 17.3. The van der Waals surface area contributed by atoms with Crippen LogP contribution in [0.1, 0.15) is 32.0 Å². The van der Waals surface area contributed by atoms with Crippen LogP contribution in [0, 0.1) is 0 Å². The van der Waals surface area contributed by atoms with E-state index in [1.807, 2.05) is 24.3 Å². The fraction of sp³-hybridized carbons (Fsp3) is 0.320. The van der Waals surface area contributed by atoms with Crippen LogP contribution in [0.2, 0.25) is 10.0 Å². The minimum atomic E-state index is -3.60. The van der Waals surface area contributed by atoms with Crippen molar-refractivity contribution in [2.24, 2.45) is 0 Å². The molecule has 0 spiro atoms. The Hall–Kier alpha value is -2.72. The van der Waals surface area contributed by atoms with Crippen LogP contribution in [0.25, 0.3) is 16.7 Å². The Labute approximate surface area is 220 Å². The average Bonchev–Trinajstić information content (AvgIpc) is 3.32. The number of nitrogens with zero attached hydrogens (tertiary/aromatic N) is 6. The fourth-order valence-corrected chi connectivity index (χ4v) is 6.01. The third kappa shape index (κ3) is 4.56. The number of fused-ring (bicyclic) bond motifs is 1. The van der Waals surface area contributed by atoms with E-state index in [0.717, 1.165) is 29.1 Å². The number of piperazine rings is 1. The Morgan fingerprint density at radius 1 is 0.972 bits per heavy atom. The zero-order valence-corrected chi connectivity index (χ0v) is 22.3. The number of benzene rings is 2. The van der Waals surface area contributed by atoms with Crippen molar-refractivity contribution in [3.05, 3.63) is 70.6 Å². The molecule has 0 N–H and O–H groups in total. The van der Waals surface area contributed by atoms with Crippen LogP contribution in [0.3, 0.4) is 0 Å². The van der Waals surface area contributed by atoms with Crippen LogP contribution in [0.15, 0.2) is 59.6 Å². The van der Waals surface area contributed by atoms with E-state index in [1.54, 1.807) is 35.1 Å². The highest BCUT2D eigenvalue weighted by atomic mass is 35.5. The molecule has 1 aliphatic heterocycles. The number of anilines is 1. The molecule has 188 valence electrons. The number of halogens is 2. The molecule has 0 bridgehead atoms. The lowest BCUT2D eigenvalue weighted by Gasteiger charge is -2.35. The summed E-state index contributed by atoms with van der Waals surface area (Å²) in [5.74, 6) is 1.64.